The highest BCUT2D eigenvalue weighted by atomic mass is 16.3. The van der Waals surface area contributed by atoms with Gasteiger partial charge in [0.2, 0.25) is 0 Å². The number of hydrogen-bond acceptors (Lipinski definition) is 1. The summed E-state index contributed by atoms with van der Waals surface area (Å²) in [6, 6.07) is 61.6. The van der Waals surface area contributed by atoms with Crippen LogP contribution in [0.1, 0.15) is 0 Å². The van der Waals surface area contributed by atoms with Gasteiger partial charge in [0.15, 0.2) is 0 Å². The van der Waals surface area contributed by atoms with E-state index in [0.29, 0.717) is 0 Å². The average molecular weight is 597 g/mol. The van der Waals surface area contributed by atoms with Gasteiger partial charge in [-0.15, -0.1) is 0 Å². The van der Waals surface area contributed by atoms with Crippen LogP contribution in [-0.2, 0) is 0 Å². The van der Waals surface area contributed by atoms with Crippen LogP contribution in [-0.4, -0.2) is 0 Å². The number of furan rings is 1. The molecule has 0 saturated carbocycles. The second-order valence-electron chi connectivity index (χ2n) is 12.4. The van der Waals surface area contributed by atoms with E-state index < -0.39 is 0 Å². The Balaban J connectivity index is 1.24. The second kappa shape index (κ2) is 10.2. The fourth-order valence-corrected chi connectivity index (χ4v) is 7.77. The van der Waals surface area contributed by atoms with Gasteiger partial charge in [0, 0.05) is 10.8 Å². The molecule has 0 amide bonds. The number of hydrogen-bond donors (Lipinski definition) is 0. The van der Waals surface area contributed by atoms with Crippen molar-refractivity contribution in [3.63, 3.8) is 0 Å². The molecule has 10 aromatic rings. The van der Waals surface area contributed by atoms with Gasteiger partial charge >= 0.3 is 0 Å². The lowest BCUT2D eigenvalue weighted by molar-refractivity contribution is 0.669. The van der Waals surface area contributed by atoms with Gasteiger partial charge in [-0.05, 0) is 101 Å². The van der Waals surface area contributed by atoms with Crippen LogP contribution in [0.4, 0.5) is 0 Å². The maximum Gasteiger partial charge on any atom is 0.136 e. The maximum absolute atomic E-state index is 6.43. The molecule has 0 N–H and O–H groups in total. The summed E-state index contributed by atoms with van der Waals surface area (Å²) in [4.78, 5) is 0. The Bertz CT molecular complexity index is 2800. The number of benzene rings is 9. The van der Waals surface area contributed by atoms with E-state index in [0.717, 1.165) is 16.6 Å². The molecule has 0 atom stereocenters. The first-order valence-electron chi connectivity index (χ1n) is 16.2. The molecule has 0 unspecified atom stereocenters. The predicted octanol–water partition coefficient (Wildman–Crippen LogP) is 13.2. The third kappa shape index (κ3) is 3.97. The standard InChI is InChI=1S/C46H28O/c1-2-13-30-26-33(25-24-29(30)12-1)45-38-20-7-5-18-36(38)44(37-19-6-8-21-39(37)45)32-15-11-14-31(27-32)41-28-43-46(35-17-4-3-16-34(35)41)40-22-9-10-23-42(40)47-43/h1-28H. The molecule has 0 fully saturated rings. The monoisotopic (exact) mass is 596 g/mol. The molecule has 1 heteroatoms. The summed E-state index contributed by atoms with van der Waals surface area (Å²) in [7, 11) is 0. The number of rotatable bonds is 3. The van der Waals surface area contributed by atoms with Crippen molar-refractivity contribution in [3.8, 4) is 33.4 Å². The largest absolute Gasteiger partial charge is 0.456 e. The van der Waals surface area contributed by atoms with E-state index in [1.807, 2.05) is 6.07 Å². The van der Waals surface area contributed by atoms with Crippen LogP contribution in [0, 0.1) is 0 Å². The second-order valence-corrected chi connectivity index (χ2v) is 12.4. The van der Waals surface area contributed by atoms with Crippen molar-refractivity contribution >= 4 is 65.0 Å². The Morgan fingerprint density at radius 2 is 0.830 bits per heavy atom. The molecular weight excluding hydrogens is 569 g/mol. The van der Waals surface area contributed by atoms with Crippen molar-refractivity contribution in [2.24, 2.45) is 0 Å². The zero-order valence-electron chi connectivity index (χ0n) is 25.6. The van der Waals surface area contributed by atoms with Crippen molar-refractivity contribution in [2.75, 3.05) is 0 Å². The maximum atomic E-state index is 6.43. The lowest BCUT2D eigenvalue weighted by Gasteiger charge is -2.18. The normalized spacial score (nSPS) is 11.8. The molecule has 0 aliphatic carbocycles. The lowest BCUT2D eigenvalue weighted by Crippen LogP contribution is -1.91. The molecule has 0 radical (unpaired) electrons. The van der Waals surface area contributed by atoms with Crippen LogP contribution in [0.15, 0.2) is 174 Å². The molecule has 1 nitrogen and oxygen atoms in total. The Labute approximate surface area is 271 Å². The first kappa shape index (κ1) is 26.1. The van der Waals surface area contributed by atoms with Crippen LogP contribution in [0.2, 0.25) is 0 Å². The fourth-order valence-electron chi connectivity index (χ4n) is 7.77. The minimum absolute atomic E-state index is 0.918. The van der Waals surface area contributed by atoms with Crippen LogP contribution < -0.4 is 0 Å². The quantitative estimate of drug-likeness (QED) is 0.185. The molecule has 0 saturated heterocycles. The van der Waals surface area contributed by atoms with Gasteiger partial charge in [-0.2, -0.15) is 0 Å². The Kier molecular flexibility index (Phi) is 5.64. The van der Waals surface area contributed by atoms with Crippen LogP contribution in [0.5, 0.6) is 0 Å². The minimum atomic E-state index is 0.918. The average Bonchev–Trinajstić information content (AvgIpc) is 3.52. The smallest absolute Gasteiger partial charge is 0.136 e. The highest BCUT2D eigenvalue weighted by Gasteiger charge is 2.19. The summed E-state index contributed by atoms with van der Waals surface area (Å²) in [5, 5.41) is 12.3. The van der Waals surface area contributed by atoms with Crippen molar-refractivity contribution in [2.45, 2.75) is 0 Å². The zero-order valence-corrected chi connectivity index (χ0v) is 25.6. The fraction of sp³-hybridized carbons (Fsp3) is 0. The van der Waals surface area contributed by atoms with Crippen molar-refractivity contribution in [1.82, 2.24) is 0 Å². The van der Waals surface area contributed by atoms with E-state index in [4.69, 9.17) is 4.42 Å². The Hall–Kier alpha value is -6.18. The van der Waals surface area contributed by atoms with Crippen molar-refractivity contribution in [1.29, 1.82) is 0 Å². The molecule has 0 spiro atoms. The van der Waals surface area contributed by atoms with Gasteiger partial charge in [0.1, 0.15) is 11.2 Å². The first-order valence-corrected chi connectivity index (χ1v) is 16.2. The van der Waals surface area contributed by atoms with Gasteiger partial charge in [-0.1, -0.05) is 146 Å². The first-order chi connectivity index (χ1) is 23.3. The summed E-state index contributed by atoms with van der Waals surface area (Å²) in [5.41, 5.74) is 9.17. The molecule has 1 heterocycles. The molecule has 218 valence electrons. The number of fused-ring (bicyclic) bond motifs is 8. The molecular formula is C46H28O. The minimum Gasteiger partial charge on any atom is -0.456 e. The van der Waals surface area contributed by atoms with Gasteiger partial charge in [0.25, 0.3) is 0 Å². The van der Waals surface area contributed by atoms with E-state index in [1.165, 1.54) is 81.9 Å². The Morgan fingerprint density at radius 3 is 1.53 bits per heavy atom. The SMILES string of the molecule is c1cc(-c2c3ccccc3c(-c3ccc4ccccc4c3)c3ccccc23)cc(-c2cc3oc4ccccc4c3c3ccccc23)c1. The molecule has 1 aromatic heterocycles. The molecule has 47 heavy (non-hydrogen) atoms. The lowest BCUT2D eigenvalue weighted by atomic mass is 9.85. The Morgan fingerprint density at radius 1 is 0.298 bits per heavy atom. The summed E-state index contributed by atoms with van der Waals surface area (Å²) < 4.78 is 6.43. The van der Waals surface area contributed by atoms with E-state index in [2.05, 4.69) is 164 Å². The summed E-state index contributed by atoms with van der Waals surface area (Å²) in [6.45, 7) is 0. The van der Waals surface area contributed by atoms with Crippen LogP contribution in [0.25, 0.3) is 98.4 Å². The molecule has 9 aromatic carbocycles. The van der Waals surface area contributed by atoms with Gasteiger partial charge in [-0.25, -0.2) is 0 Å². The van der Waals surface area contributed by atoms with E-state index >= 15 is 0 Å². The molecule has 10 rings (SSSR count). The highest BCUT2D eigenvalue weighted by Crippen LogP contribution is 2.46. The van der Waals surface area contributed by atoms with Gasteiger partial charge in [-0.3, -0.25) is 0 Å². The third-order valence-electron chi connectivity index (χ3n) is 9.82. The molecule has 0 aliphatic heterocycles. The summed E-state index contributed by atoms with van der Waals surface area (Å²) in [5.74, 6) is 0. The topological polar surface area (TPSA) is 13.1 Å². The predicted molar refractivity (Wildman–Crippen MR) is 200 cm³/mol. The summed E-state index contributed by atoms with van der Waals surface area (Å²) in [6.07, 6.45) is 0. The van der Waals surface area contributed by atoms with E-state index in [-0.39, 0.29) is 0 Å². The number of para-hydroxylation sites is 1. The molecule has 0 bridgehead atoms. The van der Waals surface area contributed by atoms with Gasteiger partial charge < -0.3 is 4.42 Å². The van der Waals surface area contributed by atoms with Crippen molar-refractivity contribution in [3.05, 3.63) is 170 Å². The van der Waals surface area contributed by atoms with Crippen LogP contribution in [0.3, 0.4) is 0 Å². The third-order valence-corrected chi connectivity index (χ3v) is 9.82. The van der Waals surface area contributed by atoms with E-state index in [1.54, 1.807) is 0 Å². The van der Waals surface area contributed by atoms with Crippen LogP contribution >= 0.6 is 0 Å². The van der Waals surface area contributed by atoms with Crippen molar-refractivity contribution < 1.29 is 4.42 Å². The summed E-state index contributed by atoms with van der Waals surface area (Å²) >= 11 is 0. The zero-order chi connectivity index (χ0) is 30.9. The molecule has 0 aliphatic rings. The highest BCUT2D eigenvalue weighted by molar-refractivity contribution is 6.23. The van der Waals surface area contributed by atoms with E-state index in [9.17, 15) is 0 Å². The van der Waals surface area contributed by atoms with Gasteiger partial charge in [0.05, 0.1) is 0 Å².